The van der Waals surface area contributed by atoms with Gasteiger partial charge in [-0.05, 0) is 38.1 Å². The first-order valence-electron chi connectivity index (χ1n) is 8.73. The van der Waals surface area contributed by atoms with Gasteiger partial charge >= 0.3 is 0 Å². The Bertz CT molecular complexity index is 1120. The summed E-state index contributed by atoms with van der Waals surface area (Å²) in [5, 5.41) is 7.77. The summed E-state index contributed by atoms with van der Waals surface area (Å²) in [6.07, 6.45) is 1.43. The first-order chi connectivity index (χ1) is 13.8. The number of aryl methyl sites for hydroxylation is 2. The predicted octanol–water partition coefficient (Wildman–Crippen LogP) is 2.33. The van der Waals surface area contributed by atoms with Crippen LogP contribution in [0.1, 0.15) is 11.4 Å². The fraction of sp³-hybridized carbons (Fsp3) is 0.278. The molecule has 9 nitrogen and oxygen atoms in total. The van der Waals surface area contributed by atoms with Gasteiger partial charge in [-0.1, -0.05) is 11.6 Å². The second-order valence-electron chi connectivity index (χ2n) is 6.22. The third-order valence-electron chi connectivity index (χ3n) is 4.02. The van der Waals surface area contributed by atoms with Crippen LogP contribution in [0.5, 0.6) is 5.75 Å². The molecule has 3 aromatic rings. The molecule has 11 heteroatoms. The summed E-state index contributed by atoms with van der Waals surface area (Å²) < 4.78 is 34.4. The second kappa shape index (κ2) is 8.76. The topological polar surface area (TPSA) is 111 Å². The van der Waals surface area contributed by atoms with Crippen LogP contribution in [0.15, 0.2) is 41.6 Å². The van der Waals surface area contributed by atoms with Crippen LogP contribution in [0.3, 0.4) is 0 Å². The number of nitrogens with zero attached hydrogens (tertiary/aromatic N) is 4. The summed E-state index contributed by atoms with van der Waals surface area (Å²) in [5.41, 5.74) is 1.84. The van der Waals surface area contributed by atoms with Crippen LogP contribution < -0.4 is 14.8 Å². The van der Waals surface area contributed by atoms with E-state index < -0.39 is 10.0 Å². The Morgan fingerprint density at radius 2 is 1.93 bits per heavy atom. The van der Waals surface area contributed by atoms with Gasteiger partial charge in [-0.25, -0.2) is 27.8 Å². The molecule has 0 fully saturated rings. The van der Waals surface area contributed by atoms with E-state index >= 15 is 0 Å². The largest absolute Gasteiger partial charge is 0.495 e. The van der Waals surface area contributed by atoms with E-state index in [1.165, 1.54) is 25.6 Å². The quantitative estimate of drug-likeness (QED) is 0.521. The number of ether oxygens (including phenoxy) is 1. The van der Waals surface area contributed by atoms with Gasteiger partial charge in [0.15, 0.2) is 5.82 Å². The van der Waals surface area contributed by atoms with Gasteiger partial charge in [0.05, 0.1) is 12.8 Å². The highest BCUT2D eigenvalue weighted by molar-refractivity contribution is 7.89. The highest BCUT2D eigenvalue weighted by atomic mass is 35.5. The molecule has 0 aliphatic rings. The van der Waals surface area contributed by atoms with Gasteiger partial charge in [-0.2, -0.15) is 5.10 Å². The zero-order valence-corrected chi connectivity index (χ0v) is 17.8. The fourth-order valence-corrected chi connectivity index (χ4v) is 4.20. The van der Waals surface area contributed by atoms with Crippen molar-refractivity contribution in [2.24, 2.45) is 0 Å². The lowest BCUT2D eigenvalue weighted by atomic mass is 10.3. The molecule has 2 heterocycles. The number of methoxy groups -OCH3 is 1. The van der Waals surface area contributed by atoms with E-state index in [9.17, 15) is 8.42 Å². The molecule has 29 heavy (non-hydrogen) atoms. The van der Waals surface area contributed by atoms with E-state index in [4.69, 9.17) is 16.3 Å². The minimum Gasteiger partial charge on any atom is -0.495 e. The molecule has 154 valence electrons. The number of halogens is 1. The van der Waals surface area contributed by atoms with Gasteiger partial charge in [0.1, 0.15) is 22.8 Å². The molecule has 0 saturated carbocycles. The normalized spacial score (nSPS) is 11.4. The highest BCUT2D eigenvalue weighted by Crippen LogP contribution is 2.26. The Hall–Kier alpha value is -2.69. The summed E-state index contributed by atoms with van der Waals surface area (Å²) >= 11 is 5.92. The Balaban J connectivity index is 1.63. The lowest BCUT2D eigenvalue weighted by molar-refractivity contribution is 0.402. The van der Waals surface area contributed by atoms with E-state index in [1.54, 1.807) is 16.8 Å². The van der Waals surface area contributed by atoms with Crippen LogP contribution >= 0.6 is 11.6 Å². The van der Waals surface area contributed by atoms with Crippen LogP contribution in [0.2, 0.25) is 5.02 Å². The van der Waals surface area contributed by atoms with E-state index in [2.05, 4.69) is 25.1 Å². The zero-order chi connectivity index (χ0) is 21.0. The van der Waals surface area contributed by atoms with Crippen molar-refractivity contribution in [1.82, 2.24) is 24.5 Å². The van der Waals surface area contributed by atoms with Crippen LogP contribution in [0.4, 0.5) is 5.82 Å². The van der Waals surface area contributed by atoms with Gasteiger partial charge in [0.2, 0.25) is 10.0 Å². The zero-order valence-electron chi connectivity index (χ0n) is 16.2. The average molecular weight is 437 g/mol. The number of benzene rings is 1. The van der Waals surface area contributed by atoms with Crippen molar-refractivity contribution in [3.8, 4) is 11.6 Å². The average Bonchev–Trinajstić information content (AvgIpc) is 3.03. The monoisotopic (exact) mass is 436 g/mol. The maximum Gasteiger partial charge on any atom is 0.244 e. The number of anilines is 1. The highest BCUT2D eigenvalue weighted by Gasteiger charge is 2.19. The van der Waals surface area contributed by atoms with E-state index in [-0.39, 0.29) is 17.2 Å². The molecule has 0 amide bonds. The molecule has 0 bridgehead atoms. The third kappa shape index (κ3) is 5.03. The Labute approximate surface area is 174 Å². The van der Waals surface area contributed by atoms with E-state index in [0.717, 1.165) is 11.4 Å². The minimum absolute atomic E-state index is 0.0126. The standard InChI is InChI=1S/C18H21ClN6O3S/c1-12-8-13(2)25(24-12)18-10-17(21-11-22-18)20-6-7-23-29(26,27)16-9-14(19)4-5-15(16)28-3/h4-5,8-11,23H,6-7H2,1-3H3,(H,20,21,22). The van der Waals surface area contributed by atoms with Crippen LogP contribution in [-0.2, 0) is 10.0 Å². The number of rotatable bonds is 8. The SMILES string of the molecule is COc1ccc(Cl)cc1S(=O)(=O)NCCNc1cc(-n2nc(C)cc2C)ncn1. The molecule has 0 saturated heterocycles. The summed E-state index contributed by atoms with van der Waals surface area (Å²) in [5.74, 6) is 1.40. The summed E-state index contributed by atoms with van der Waals surface area (Å²) in [6, 6.07) is 8.12. The first-order valence-corrected chi connectivity index (χ1v) is 10.6. The minimum atomic E-state index is -3.78. The molecule has 0 atom stereocenters. The van der Waals surface area contributed by atoms with Crippen molar-refractivity contribution in [3.63, 3.8) is 0 Å². The number of hydrogen-bond donors (Lipinski definition) is 2. The maximum absolute atomic E-state index is 12.5. The number of sulfonamides is 1. The third-order valence-corrected chi connectivity index (χ3v) is 5.73. The first kappa shape index (κ1) is 21.0. The summed E-state index contributed by atoms with van der Waals surface area (Å²) in [7, 11) is -2.38. The van der Waals surface area contributed by atoms with Crippen LogP contribution in [0.25, 0.3) is 5.82 Å². The lowest BCUT2D eigenvalue weighted by Gasteiger charge is -2.12. The molecule has 0 spiro atoms. The Morgan fingerprint density at radius 1 is 1.14 bits per heavy atom. The number of nitrogens with one attached hydrogen (secondary N) is 2. The molecule has 0 aliphatic heterocycles. The Kier molecular flexibility index (Phi) is 6.36. The molecular weight excluding hydrogens is 416 g/mol. The molecule has 0 aliphatic carbocycles. The molecule has 1 aromatic carbocycles. The molecule has 2 N–H and O–H groups in total. The fourth-order valence-electron chi connectivity index (χ4n) is 2.73. The van der Waals surface area contributed by atoms with E-state index in [1.807, 2.05) is 19.9 Å². The smallest absolute Gasteiger partial charge is 0.244 e. The van der Waals surface area contributed by atoms with Crippen molar-refractivity contribution >= 4 is 27.4 Å². The number of aromatic nitrogens is 4. The lowest BCUT2D eigenvalue weighted by Crippen LogP contribution is -2.29. The molecule has 0 unspecified atom stereocenters. The maximum atomic E-state index is 12.5. The molecule has 2 aromatic heterocycles. The van der Waals surface area contributed by atoms with Crippen molar-refractivity contribution in [2.45, 2.75) is 18.7 Å². The van der Waals surface area contributed by atoms with Crippen LogP contribution in [0, 0.1) is 13.8 Å². The van der Waals surface area contributed by atoms with Gasteiger partial charge in [-0.15, -0.1) is 0 Å². The molecule has 3 rings (SSSR count). The molecule has 0 radical (unpaired) electrons. The summed E-state index contributed by atoms with van der Waals surface area (Å²) in [4.78, 5) is 8.37. The van der Waals surface area contributed by atoms with Gasteiger partial charge in [0.25, 0.3) is 0 Å². The van der Waals surface area contributed by atoms with Crippen LogP contribution in [-0.4, -0.2) is 48.4 Å². The van der Waals surface area contributed by atoms with E-state index in [0.29, 0.717) is 23.2 Å². The Morgan fingerprint density at radius 3 is 2.62 bits per heavy atom. The van der Waals surface area contributed by atoms with Gasteiger partial charge in [-0.3, -0.25) is 0 Å². The van der Waals surface area contributed by atoms with Crippen molar-refractivity contribution in [1.29, 1.82) is 0 Å². The second-order valence-corrected chi connectivity index (χ2v) is 8.39. The van der Waals surface area contributed by atoms with Gasteiger partial charge in [0, 0.05) is 29.9 Å². The van der Waals surface area contributed by atoms with Crippen molar-refractivity contribution in [2.75, 3.05) is 25.5 Å². The van der Waals surface area contributed by atoms with Crippen molar-refractivity contribution in [3.05, 3.63) is 53.1 Å². The number of hydrogen-bond acceptors (Lipinski definition) is 7. The van der Waals surface area contributed by atoms with Gasteiger partial charge < -0.3 is 10.1 Å². The predicted molar refractivity (Wildman–Crippen MR) is 110 cm³/mol. The van der Waals surface area contributed by atoms with Crippen molar-refractivity contribution < 1.29 is 13.2 Å². The summed E-state index contributed by atoms with van der Waals surface area (Å²) in [6.45, 7) is 4.30. The molecular formula is C18H21ClN6O3S.